The molecular weight excluding hydrogens is 176 g/mol. The van der Waals surface area contributed by atoms with Crippen molar-refractivity contribution in [1.29, 1.82) is 0 Å². The standard InChI is InChI=1S/C11H12N2O/c14-11-5-6-13-9-4-2-1-3-8(9)7-10(13)12-11/h1-3,7,9H,4-6H2,(H,12,14). The second kappa shape index (κ2) is 2.74. The number of hydrogen-bond acceptors (Lipinski definition) is 2. The quantitative estimate of drug-likeness (QED) is 0.613. The minimum Gasteiger partial charge on any atom is -0.350 e. The third-order valence-electron chi connectivity index (χ3n) is 3.01. The lowest BCUT2D eigenvalue weighted by atomic mass is 10.0. The van der Waals surface area contributed by atoms with Gasteiger partial charge in [0.1, 0.15) is 5.82 Å². The zero-order valence-electron chi connectivity index (χ0n) is 7.86. The molecule has 0 aromatic rings. The van der Waals surface area contributed by atoms with Crippen molar-refractivity contribution < 1.29 is 4.79 Å². The van der Waals surface area contributed by atoms with Crippen LogP contribution < -0.4 is 5.32 Å². The summed E-state index contributed by atoms with van der Waals surface area (Å²) in [6, 6.07) is 0.468. The average Bonchev–Trinajstić information content (AvgIpc) is 2.54. The van der Waals surface area contributed by atoms with Gasteiger partial charge in [-0.2, -0.15) is 0 Å². The molecule has 2 heterocycles. The number of carbonyl (C=O) groups excluding carboxylic acids is 1. The Bertz CT molecular complexity index is 379. The molecule has 72 valence electrons. The summed E-state index contributed by atoms with van der Waals surface area (Å²) in [6.07, 6.45) is 10.2. The van der Waals surface area contributed by atoms with E-state index in [2.05, 4.69) is 34.5 Å². The summed E-state index contributed by atoms with van der Waals surface area (Å²) < 4.78 is 0. The third kappa shape index (κ3) is 1.02. The first-order valence-electron chi connectivity index (χ1n) is 4.99. The molecule has 0 aromatic carbocycles. The highest BCUT2D eigenvalue weighted by Crippen LogP contribution is 2.31. The predicted octanol–water partition coefficient (Wildman–Crippen LogP) is 0.918. The van der Waals surface area contributed by atoms with E-state index in [4.69, 9.17) is 0 Å². The van der Waals surface area contributed by atoms with Crippen LogP contribution in [-0.2, 0) is 4.79 Å². The Kier molecular flexibility index (Phi) is 1.54. The lowest BCUT2D eigenvalue weighted by Crippen LogP contribution is -2.44. The fourth-order valence-corrected chi connectivity index (χ4v) is 2.31. The fraction of sp³-hybridized carbons (Fsp3) is 0.364. The molecule has 1 saturated heterocycles. The Balaban J connectivity index is 1.95. The molecule has 1 N–H and O–H groups in total. The molecule has 0 aromatic heterocycles. The first-order chi connectivity index (χ1) is 6.84. The number of amides is 1. The van der Waals surface area contributed by atoms with Crippen LogP contribution in [0.5, 0.6) is 0 Å². The van der Waals surface area contributed by atoms with Crippen molar-refractivity contribution in [1.82, 2.24) is 10.2 Å². The average molecular weight is 188 g/mol. The monoisotopic (exact) mass is 188 g/mol. The van der Waals surface area contributed by atoms with Crippen molar-refractivity contribution in [2.45, 2.75) is 18.9 Å². The van der Waals surface area contributed by atoms with Crippen LogP contribution in [0.15, 0.2) is 35.7 Å². The summed E-state index contributed by atoms with van der Waals surface area (Å²) >= 11 is 0. The van der Waals surface area contributed by atoms with Gasteiger partial charge in [0.25, 0.3) is 0 Å². The van der Waals surface area contributed by atoms with E-state index in [1.165, 1.54) is 5.57 Å². The van der Waals surface area contributed by atoms with E-state index in [0.29, 0.717) is 12.5 Å². The molecule has 1 unspecified atom stereocenters. The maximum Gasteiger partial charge on any atom is 0.227 e. The highest BCUT2D eigenvalue weighted by Gasteiger charge is 2.33. The van der Waals surface area contributed by atoms with Crippen LogP contribution in [0, 0.1) is 0 Å². The number of nitrogens with zero attached hydrogens (tertiary/aromatic N) is 1. The van der Waals surface area contributed by atoms with E-state index >= 15 is 0 Å². The molecule has 3 nitrogen and oxygen atoms in total. The zero-order chi connectivity index (χ0) is 9.54. The molecule has 0 radical (unpaired) electrons. The summed E-state index contributed by atoms with van der Waals surface area (Å²) in [6.45, 7) is 0.855. The van der Waals surface area contributed by atoms with Crippen LogP contribution in [0.3, 0.4) is 0 Å². The van der Waals surface area contributed by atoms with Crippen molar-refractivity contribution >= 4 is 5.91 Å². The Morgan fingerprint density at radius 2 is 2.43 bits per heavy atom. The smallest absolute Gasteiger partial charge is 0.227 e. The molecule has 1 aliphatic carbocycles. The highest BCUT2D eigenvalue weighted by atomic mass is 16.2. The van der Waals surface area contributed by atoms with E-state index in [1.807, 2.05) is 0 Å². The van der Waals surface area contributed by atoms with Gasteiger partial charge in [0.15, 0.2) is 0 Å². The molecule has 1 atom stereocenters. The predicted molar refractivity (Wildman–Crippen MR) is 53.2 cm³/mol. The summed E-state index contributed by atoms with van der Waals surface area (Å²) in [5.41, 5.74) is 1.32. The Morgan fingerprint density at radius 3 is 3.36 bits per heavy atom. The molecule has 3 aliphatic rings. The van der Waals surface area contributed by atoms with Crippen molar-refractivity contribution in [2.24, 2.45) is 0 Å². The van der Waals surface area contributed by atoms with Gasteiger partial charge >= 0.3 is 0 Å². The summed E-state index contributed by atoms with van der Waals surface area (Å²) in [4.78, 5) is 13.5. The van der Waals surface area contributed by atoms with Gasteiger partial charge in [0.05, 0.1) is 6.04 Å². The summed E-state index contributed by atoms with van der Waals surface area (Å²) in [5.74, 6) is 1.13. The Morgan fingerprint density at radius 1 is 1.50 bits per heavy atom. The van der Waals surface area contributed by atoms with Crippen molar-refractivity contribution in [3.63, 3.8) is 0 Å². The van der Waals surface area contributed by atoms with E-state index < -0.39 is 0 Å². The van der Waals surface area contributed by atoms with E-state index in [0.717, 1.165) is 18.8 Å². The Labute approximate surface area is 82.8 Å². The first kappa shape index (κ1) is 7.85. The van der Waals surface area contributed by atoms with E-state index in [1.54, 1.807) is 0 Å². The van der Waals surface area contributed by atoms with Crippen LogP contribution in [0.25, 0.3) is 0 Å². The lowest BCUT2D eigenvalue weighted by molar-refractivity contribution is -0.122. The van der Waals surface area contributed by atoms with Crippen LogP contribution >= 0.6 is 0 Å². The normalized spacial score (nSPS) is 29.0. The summed E-state index contributed by atoms with van der Waals surface area (Å²) in [5, 5.41) is 2.91. The van der Waals surface area contributed by atoms with E-state index in [9.17, 15) is 4.79 Å². The summed E-state index contributed by atoms with van der Waals surface area (Å²) in [7, 11) is 0. The largest absolute Gasteiger partial charge is 0.350 e. The molecule has 0 spiro atoms. The second-order valence-electron chi connectivity index (χ2n) is 3.87. The topological polar surface area (TPSA) is 32.3 Å². The molecular formula is C11H12N2O. The van der Waals surface area contributed by atoms with Crippen molar-refractivity contribution in [2.75, 3.05) is 6.54 Å². The SMILES string of the molecule is O=C1CCN2C(=CC3=CC=CCC32)N1. The number of allylic oxidation sites excluding steroid dienone is 2. The number of fused-ring (bicyclic) bond motifs is 3. The molecule has 1 amide bonds. The van der Waals surface area contributed by atoms with Gasteiger partial charge in [-0.1, -0.05) is 18.2 Å². The van der Waals surface area contributed by atoms with Gasteiger partial charge in [-0.05, 0) is 18.1 Å². The lowest BCUT2D eigenvalue weighted by Gasteiger charge is -2.33. The van der Waals surface area contributed by atoms with Gasteiger partial charge in [0.2, 0.25) is 5.91 Å². The molecule has 14 heavy (non-hydrogen) atoms. The first-order valence-corrected chi connectivity index (χ1v) is 4.99. The molecule has 3 heteroatoms. The molecule has 0 saturated carbocycles. The van der Waals surface area contributed by atoms with Gasteiger partial charge in [-0.3, -0.25) is 4.79 Å². The number of rotatable bonds is 0. The minimum absolute atomic E-state index is 0.139. The van der Waals surface area contributed by atoms with Gasteiger partial charge in [-0.25, -0.2) is 0 Å². The Hall–Kier alpha value is -1.51. The maximum atomic E-state index is 11.2. The van der Waals surface area contributed by atoms with E-state index in [-0.39, 0.29) is 5.91 Å². The number of nitrogens with one attached hydrogen (secondary N) is 1. The van der Waals surface area contributed by atoms with Gasteiger partial charge in [-0.15, -0.1) is 0 Å². The second-order valence-corrected chi connectivity index (χ2v) is 3.87. The molecule has 0 bridgehead atoms. The van der Waals surface area contributed by atoms with Gasteiger partial charge in [0, 0.05) is 13.0 Å². The van der Waals surface area contributed by atoms with Crippen LogP contribution in [0.1, 0.15) is 12.8 Å². The fourth-order valence-electron chi connectivity index (χ4n) is 2.31. The molecule has 2 aliphatic heterocycles. The van der Waals surface area contributed by atoms with Crippen molar-refractivity contribution in [3.8, 4) is 0 Å². The highest BCUT2D eigenvalue weighted by molar-refractivity contribution is 5.79. The zero-order valence-corrected chi connectivity index (χ0v) is 7.86. The van der Waals surface area contributed by atoms with Crippen LogP contribution in [0.4, 0.5) is 0 Å². The van der Waals surface area contributed by atoms with Gasteiger partial charge < -0.3 is 10.2 Å². The van der Waals surface area contributed by atoms with Crippen molar-refractivity contribution in [3.05, 3.63) is 35.7 Å². The van der Waals surface area contributed by atoms with Crippen LogP contribution in [-0.4, -0.2) is 23.4 Å². The van der Waals surface area contributed by atoms with Crippen LogP contribution in [0.2, 0.25) is 0 Å². The molecule has 3 rings (SSSR count). The molecule has 1 fully saturated rings. The third-order valence-corrected chi connectivity index (χ3v) is 3.01. The minimum atomic E-state index is 0.139. The maximum absolute atomic E-state index is 11.2. The number of carbonyl (C=O) groups is 1. The number of hydrogen-bond donors (Lipinski definition) is 1.